The lowest BCUT2D eigenvalue weighted by Crippen LogP contribution is -2.39. The molecule has 176 valence electrons. The molecule has 1 aliphatic rings. The lowest BCUT2D eigenvalue weighted by Gasteiger charge is -2.26. The Morgan fingerprint density at radius 1 is 1.09 bits per heavy atom. The summed E-state index contributed by atoms with van der Waals surface area (Å²) in [5.74, 6) is -0.710. The summed E-state index contributed by atoms with van der Waals surface area (Å²) in [6, 6.07) is 11.0. The summed E-state index contributed by atoms with van der Waals surface area (Å²) in [5, 5.41) is 8.17. The summed E-state index contributed by atoms with van der Waals surface area (Å²) in [6.45, 7) is 6.66. The summed E-state index contributed by atoms with van der Waals surface area (Å²) >= 11 is 0. The largest absolute Gasteiger partial charge is 0.383 e. The van der Waals surface area contributed by atoms with Crippen molar-refractivity contribution in [1.82, 2.24) is 24.6 Å². The zero-order chi connectivity index (χ0) is 23.7. The van der Waals surface area contributed by atoms with Crippen LogP contribution in [-0.4, -0.2) is 64.0 Å². The average Bonchev–Trinajstić information content (AvgIpc) is 3.17. The van der Waals surface area contributed by atoms with Gasteiger partial charge in [0.05, 0.1) is 24.3 Å². The number of hydrogen-bond donors (Lipinski definition) is 2. The van der Waals surface area contributed by atoms with Gasteiger partial charge in [0.1, 0.15) is 23.1 Å². The van der Waals surface area contributed by atoms with Crippen LogP contribution in [-0.2, 0) is 4.74 Å². The van der Waals surface area contributed by atoms with Crippen molar-refractivity contribution in [3.63, 3.8) is 0 Å². The maximum atomic E-state index is 14.5. The van der Waals surface area contributed by atoms with Crippen molar-refractivity contribution in [2.24, 2.45) is 0 Å². The summed E-state index contributed by atoms with van der Waals surface area (Å²) in [7, 11) is 0. The highest BCUT2D eigenvalue weighted by molar-refractivity contribution is 5.99. The molecular formula is C24H25F2N7O. The van der Waals surface area contributed by atoms with Gasteiger partial charge in [0, 0.05) is 37.8 Å². The number of anilines is 2. The lowest BCUT2D eigenvalue weighted by atomic mass is 10.1. The summed E-state index contributed by atoms with van der Waals surface area (Å²) in [5.41, 5.74) is 9.06. The molecule has 1 fully saturated rings. The molecule has 1 saturated heterocycles. The molecule has 5 rings (SSSR count). The van der Waals surface area contributed by atoms with Crippen LogP contribution in [0.4, 0.5) is 20.5 Å². The predicted molar refractivity (Wildman–Crippen MR) is 127 cm³/mol. The lowest BCUT2D eigenvalue weighted by molar-refractivity contribution is 0.0398. The highest BCUT2D eigenvalue weighted by Gasteiger charge is 2.21. The second-order valence-corrected chi connectivity index (χ2v) is 8.24. The molecule has 3 N–H and O–H groups in total. The monoisotopic (exact) mass is 465 g/mol. The highest BCUT2D eigenvalue weighted by Crippen LogP contribution is 2.33. The van der Waals surface area contributed by atoms with Gasteiger partial charge in [0.15, 0.2) is 5.65 Å². The van der Waals surface area contributed by atoms with Crippen LogP contribution < -0.4 is 11.1 Å². The molecule has 34 heavy (non-hydrogen) atoms. The fourth-order valence-corrected chi connectivity index (χ4v) is 4.07. The molecule has 3 heterocycles. The third-order valence-electron chi connectivity index (χ3n) is 5.81. The fraction of sp³-hybridized carbons (Fsp3) is 0.292. The Morgan fingerprint density at radius 2 is 1.91 bits per heavy atom. The number of morpholine rings is 1. The number of aromatic nitrogens is 4. The van der Waals surface area contributed by atoms with Crippen molar-refractivity contribution < 1.29 is 13.5 Å². The van der Waals surface area contributed by atoms with Crippen LogP contribution in [0.15, 0.2) is 42.5 Å². The molecule has 4 aromatic rings. The van der Waals surface area contributed by atoms with Gasteiger partial charge < -0.3 is 15.8 Å². The molecule has 0 amide bonds. The second-order valence-electron chi connectivity index (χ2n) is 8.24. The quantitative estimate of drug-likeness (QED) is 0.451. The topological polar surface area (TPSA) is 94.1 Å². The predicted octanol–water partition coefficient (Wildman–Crippen LogP) is 3.40. The first-order chi connectivity index (χ1) is 16.5. The fourth-order valence-electron chi connectivity index (χ4n) is 4.07. The first-order valence-electron chi connectivity index (χ1n) is 11.1. The summed E-state index contributed by atoms with van der Waals surface area (Å²) in [6.07, 6.45) is 0. The number of hydrogen-bond acceptors (Lipinski definition) is 7. The van der Waals surface area contributed by atoms with Gasteiger partial charge in [0.25, 0.3) is 0 Å². The Labute approximate surface area is 195 Å². The normalized spacial score (nSPS) is 14.6. The Kier molecular flexibility index (Phi) is 6.08. The van der Waals surface area contributed by atoms with Gasteiger partial charge in [-0.25, -0.2) is 18.4 Å². The van der Waals surface area contributed by atoms with E-state index in [9.17, 15) is 8.78 Å². The van der Waals surface area contributed by atoms with E-state index >= 15 is 0 Å². The Bertz CT molecular complexity index is 1330. The van der Waals surface area contributed by atoms with E-state index < -0.39 is 11.6 Å². The number of nitrogen functional groups attached to an aromatic ring is 1. The van der Waals surface area contributed by atoms with Crippen molar-refractivity contribution in [2.75, 3.05) is 50.4 Å². The van der Waals surface area contributed by atoms with Crippen molar-refractivity contribution >= 4 is 22.8 Å². The van der Waals surface area contributed by atoms with Crippen molar-refractivity contribution in [3.05, 3.63) is 59.7 Å². The second kappa shape index (κ2) is 9.32. The van der Waals surface area contributed by atoms with E-state index in [0.29, 0.717) is 29.2 Å². The van der Waals surface area contributed by atoms with E-state index in [1.54, 1.807) is 0 Å². The number of nitrogens with zero attached hydrogens (tertiary/aromatic N) is 5. The van der Waals surface area contributed by atoms with Gasteiger partial charge in [-0.2, -0.15) is 4.98 Å². The molecule has 2 aromatic carbocycles. The van der Waals surface area contributed by atoms with E-state index in [0.717, 1.165) is 62.2 Å². The van der Waals surface area contributed by atoms with Gasteiger partial charge in [-0.3, -0.25) is 4.90 Å². The standard InChI is InChI=1S/C24H25F2N7O/c1-15-3-2-4-16(13-15)21-20-22(27)33(19-14-17(25)5-6-18(19)26)31-23(20)30-24(29-21)28-7-8-32-9-11-34-12-10-32/h2-6,13-14H,7-12,27H2,1H3,(H,28,30,31). The van der Waals surface area contributed by atoms with Crippen LogP contribution in [0.1, 0.15) is 5.56 Å². The van der Waals surface area contributed by atoms with E-state index in [1.165, 1.54) is 4.68 Å². The minimum Gasteiger partial charge on any atom is -0.383 e. The molecule has 8 nitrogen and oxygen atoms in total. The summed E-state index contributed by atoms with van der Waals surface area (Å²) in [4.78, 5) is 11.6. The SMILES string of the molecule is Cc1cccc(-c2nc(NCCN3CCOCC3)nc3nn(-c4cc(F)ccc4F)c(N)c23)c1. The molecule has 2 aromatic heterocycles. The van der Waals surface area contributed by atoms with Gasteiger partial charge in [-0.15, -0.1) is 5.10 Å². The first kappa shape index (κ1) is 22.2. The van der Waals surface area contributed by atoms with Gasteiger partial charge in [-0.05, 0) is 25.1 Å². The van der Waals surface area contributed by atoms with Crippen molar-refractivity contribution in [1.29, 1.82) is 0 Å². The minimum atomic E-state index is -0.644. The van der Waals surface area contributed by atoms with E-state index in [-0.39, 0.29) is 11.5 Å². The zero-order valence-electron chi connectivity index (χ0n) is 18.8. The smallest absolute Gasteiger partial charge is 0.225 e. The average molecular weight is 466 g/mol. The molecule has 10 heteroatoms. The van der Waals surface area contributed by atoms with Crippen molar-refractivity contribution in [2.45, 2.75) is 6.92 Å². The Morgan fingerprint density at radius 3 is 2.71 bits per heavy atom. The molecule has 0 radical (unpaired) electrons. The number of fused-ring (bicyclic) bond motifs is 1. The first-order valence-corrected chi connectivity index (χ1v) is 11.1. The van der Waals surface area contributed by atoms with Gasteiger partial charge in [0.2, 0.25) is 5.95 Å². The molecule has 0 saturated carbocycles. The third kappa shape index (κ3) is 4.42. The van der Waals surface area contributed by atoms with Crippen LogP contribution in [0.5, 0.6) is 0 Å². The maximum Gasteiger partial charge on any atom is 0.225 e. The molecule has 0 aliphatic carbocycles. The Balaban J connectivity index is 1.57. The van der Waals surface area contributed by atoms with Gasteiger partial charge >= 0.3 is 0 Å². The molecule has 0 bridgehead atoms. The number of halogens is 2. The van der Waals surface area contributed by atoms with Crippen LogP contribution in [0.25, 0.3) is 28.0 Å². The minimum absolute atomic E-state index is 0.0903. The zero-order valence-corrected chi connectivity index (χ0v) is 18.8. The number of benzene rings is 2. The number of aryl methyl sites for hydroxylation is 1. The number of ether oxygens (including phenoxy) is 1. The van der Waals surface area contributed by atoms with E-state index in [2.05, 4.69) is 20.3 Å². The van der Waals surface area contributed by atoms with Gasteiger partial charge in [-0.1, -0.05) is 23.8 Å². The van der Waals surface area contributed by atoms with Crippen LogP contribution in [0.2, 0.25) is 0 Å². The van der Waals surface area contributed by atoms with Crippen LogP contribution >= 0.6 is 0 Å². The van der Waals surface area contributed by atoms with E-state index in [4.69, 9.17) is 15.5 Å². The molecule has 0 atom stereocenters. The Hall–Kier alpha value is -3.63. The third-order valence-corrected chi connectivity index (χ3v) is 5.81. The molecule has 0 unspecified atom stereocenters. The summed E-state index contributed by atoms with van der Waals surface area (Å²) < 4.78 is 35.0. The number of nitrogens with two attached hydrogens (primary N) is 1. The number of nitrogens with one attached hydrogen (secondary N) is 1. The molecule has 1 aliphatic heterocycles. The molecular weight excluding hydrogens is 440 g/mol. The van der Waals surface area contributed by atoms with E-state index in [1.807, 2.05) is 31.2 Å². The number of rotatable bonds is 6. The maximum absolute atomic E-state index is 14.5. The van der Waals surface area contributed by atoms with Crippen LogP contribution in [0.3, 0.4) is 0 Å². The van der Waals surface area contributed by atoms with Crippen LogP contribution in [0, 0.1) is 18.6 Å². The van der Waals surface area contributed by atoms with Crippen molar-refractivity contribution in [3.8, 4) is 16.9 Å². The molecule has 0 spiro atoms. The highest BCUT2D eigenvalue weighted by atomic mass is 19.1.